The van der Waals surface area contributed by atoms with Gasteiger partial charge >= 0.3 is 0 Å². The monoisotopic (exact) mass is 268 g/mol. The molecule has 0 unspecified atom stereocenters. The molecule has 0 amide bonds. The zero-order valence-electron chi connectivity index (χ0n) is 10.9. The first kappa shape index (κ1) is 13.4. The standard InChI is InChI=1S/C12H20N4OS/c1-17-11-7-10(15-12(16-11)18-2)14-8-9-5-3-4-6-13-9/h7,9,13H,3-6,8H2,1-2H3,(H,14,15,16)/t9-/m1/s1. The predicted octanol–water partition coefficient (Wildman–Crippen LogP) is 1.76. The molecule has 0 saturated carbocycles. The van der Waals surface area contributed by atoms with Gasteiger partial charge in [-0.1, -0.05) is 18.2 Å². The second-order valence-corrected chi connectivity index (χ2v) is 5.08. The lowest BCUT2D eigenvalue weighted by atomic mass is 10.1. The summed E-state index contributed by atoms with van der Waals surface area (Å²) in [6.45, 7) is 2.02. The van der Waals surface area contributed by atoms with Crippen molar-refractivity contribution in [2.75, 3.05) is 31.8 Å². The van der Waals surface area contributed by atoms with Crippen molar-refractivity contribution in [2.45, 2.75) is 30.5 Å². The van der Waals surface area contributed by atoms with Crippen LogP contribution < -0.4 is 15.4 Å². The maximum Gasteiger partial charge on any atom is 0.219 e. The number of nitrogens with one attached hydrogen (secondary N) is 2. The summed E-state index contributed by atoms with van der Waals surface area (Å²) in [4.78, 5) is 8.66. The Bertz CT molecular complexity index is 360. The lowest BCUT2D eigenvalue weighted by Crippen LogP contribution is -2.39. The molecule has 1 aromatic rings. The first-order valence-corrected chi connectivity index (χ1v) is 7.48. The van der Waals surface area contributed by atoms with Gasteiger partial charge in [-0.2, -0.15) is 4.98 Å². The zero-order valence-corrected chi connectivity index (χ0v) is 11.7. The van der Waals surface area contributed by atoms with Crippen molar-refractivity contribution in [1.82, 2.24) is 15.3 Å². The maximum absolute atomic E-state index is 5.17. The molecule has 2 N–H and O–H groups in total. The summed E-state index contributed by atoms with van der Waals surface area (Å²) in [6.07, 6.45) is 5.78. The van der Waals surface area contributed by atoms with Crippen LogP contribution in [-0.4, -0.2) is 42.5 Å². The second-order valence-electron chi connectivity index (χ2n) is 4.31. The SMILES string of the molecule is COc1cc(NC[C@H]2CCCCN2)nc(SC)n1. The van der Waals surface area contributed by atoms with Gasteiger partial charge in [0.25, 0.3) is 0 Å². The number of rotatable bonds is 5. The number of anilines is 1. The molecule has 2 rings (SSSR count). The van der Waals surface area contributed by atoms with Crippen LogP contribution in [0.3, 0.4) is 0 Å². The van der Waals surface area contributed by atoms with Crippen LogP contribution in [0.4, 0.5) is 5.82 Å². The largest absolute Gasteiger partial charge is 0.481 e. The Kier molecular flexibility index (Phi) is 5.07. The summed E-state index contributed by atoms with van der Waals surface area (Å²) in [7, 11) is 1.62. The molecule has 1 atom stereocenters. The highest BCUT2D eigenvalue weighted by Gasteiger charge is 2.12. The van der Waals surface area contributed by atoms with E-state index in [0.29, 0.717) is 11.9 Å². The Morgan fingerprint density at radius 2 is 2.39 bits per heavy atom. The van der Waals surface area contributed by atoms with E-state index in [0.717, 1.165) is 24.1 Å². The van der Waals surface area contributed by atoms with Gasteiger partial charge in [-0.15, -0.1) is 0 Å². The molecule has 6 heteroatoms. The summed E-state index contributed by atoms with van der Waals surface area (Å²) >= 11 is 1.52. The molecule has 1 aromatic heterocycles. The number of aromatic nitrogens is 2. The molecule has 0 aromatic carbocycles. The van der Waals surface area contributed by atoms with E-state index in [1.165, 1.54) is 31.0 Å². The van der Waals surface area contributed by atoms with E-state index in [-0.39, 0.29) is 0 Å². The van der Waals surface area contributed by atoms with E-state index < -0.39 is 0 Å². The highest BCUT2D eigenvalue weighted by atomic mass is 32.2. The summed E-state index contributed by atoms with van der Waals surface area (Å²) in [5.74, 6) is 1.44. The third-order valence-electron chi connectivity index (χ3n) is 3.02. The van der Waals surface area contributed by atoms with Crippen LogP contribution in [0.2, 0.25) is 0 Å². The van der Waals surface area contributed by atoms with Crippen molar-refractivity contribution < 1.29 is 4.74 Å². The van der Waals surface area contributed by atoms with Gasteiger partial charge in [0.05, 0.1) is 7.11 Å². The van der Waals surface area contributed by atoms with Crippen molar-refractivity contribution in [3.8, 4) is 5.88 Å². The number of thioether (sulfide) groups is 1. The van der Waals surface area contributed by atoms with Crippen molar-refractivity contribution in [3.05, 3.63) is 6.07 Å². The van der Waals surface area contributed by atoms with Gasteiger partial charge in [0.2, 0.25) is 5.88 Å². The van der Waals surface area contributed by atoms with Gasteiger partial charge in [0, 0.05) is 18.7 Å². The van der Waals surface area contributed by atoms with Gasteiger partial charge in [-0.25, -0.2) is 4.98 Å². The molecule has 100 valence electrons. The van der Waals surface area contributed by atoms with Gasteiger partial charge in [0.1, 0.15) is 5.82 Å². The fourth-order valence-corrected chi connectivity index (χ4v) is 2.39. The van der Waals surface area contributed by atoms with Crippen LogP contribution in [0.25, 0.3) is 0 Å². The first-order chi connectivity index (χ1) is 8.81. The van der Waals surface area contributed by atoms with Crippen molar-refractivity contribution in [1.29, 1.82) is 0 Å². The average Bonchev–Trinajstić information content (AvgIpc) is 2.45. The molecule has 0 spiro atoms. The number of piperidine rings is 1. The normalized spacial score (nSPS) is 19.6. The number of ether oxygens (including phenoxy) is 1. The molecule has 18 heavy (non-hydrogen) atoms. The molecule has 5 nitrogen and oxygen atoms in total. The van der Waals surface area contributed by atoms with Gasteiger partial charge in [0.15, 0.2) is 5.16 Å². The molecule has 1 aliphatic heterocycles. The van der Waals surface area contributed by atoms with Crippen LogP contribution in [0.5, 0.6) is 5.88 Å². The van der Waals surface area contributed by atoms with E-state index in [1.807, 2.05) is 12.3 Å². The van der Waals surface area contributed by atoms with E-state index in [2.05, 4.69) is 20.6 Å². The fourth-order valence-electron chi connectivity index (χ4n) is 2.02. The number of nitrogens with zero attached hydrogens (tertiary/aromatic N) is 2. The summed E-state index contributed by atoms with van der Waals surface area (Å²) < 4.78 is 5.17. The van der Waals surface area contributed by atoms with Crippen molar-refractivity contribution in [2.24, 2.45) is 0 Å². The maximum atomic E-state index is 5.17. The smallest absolute Gasteiger partial charge is 0.219 e. The third-order valence-corrected chi connectivity index (χ3v) is 3.56. The van der Waals surface area contributed by atoms with Gasteiger partial charge < -0.3 is 15.4 Å². The Morgan fingerprint density at radius 1 is 1.50 bits per heavy atom. The minimum atomic E-state index is 0.539. The quantitative estimate of drug-likeness (QED) is 0.627. The minimum absolute atomic E-state index is 0.539. The average molecular weight is 268 g/mol. The lowest BCUT2D eigenvalue weighted by Gasteiger charge is -2.23. The van der Waals surface area contributed by atoms with Crippen molar-refractivity contribution >= 4 is 17.6 Å². The van der Waals surface area contributed by atoms with E-state index >= 15 is 0 Å². The summed E-state index contributed by atoms with van der Waals surface area (Å²) in [5, 5.41) is 7.59. The summed E-state index contributed by atoms with van der Waals surface area (Å²) in [5.41, 5.74) is 0. The van der Waals surface area contributed by atoms with E-state index in [4.69, 9.17) is 4.74 Å². The fraction of sp³-hybridized carbons (Fsp3) is 0.667. The molecule has 0 aliphatic carbocycles. The van der Waals surface area contributed by atoms with Crippen LogP contribution in [0, 0.1) is 0 Å². The third kappa shape index (κ3) is 3.74. The first-order valence-electron chi connectivity index (χ1n) is 6.26. The van der Waals surface area contributed by atoms with E-state index in [9.17, 15) is 0 Å². The van der Waals surface area contributed by atoms with Gasteiger partial charge in [-0.3, -0.25) is 0 Å². The van der Waals surface area contributed by atoms with Crippen LogP contribution in [-0.2, 0) is 0 Å². The molecular formula is C12H20N4OS. The number of hydrogen-bond donors (Lipinski definition) is 2. The van der Waals surface area contributed by atoms with Gasteiger partial charge in [-0.05, 0) is 25.6 Å². The molecule has 0 bridgehead atoms. The summed E-state index contributed by atoms with van der Waals surface area (Å²) in [6, 6.07) is 2.38. The second kappa shape index (κ2) is 6.80. The van der Waals surface area contributed by atoms with Crippen LogP contribution in [0.15, 0.2) is 11.2 Å². The zero-order chi connectivity index (χ0) is 12.8. The minimum Gasteiger partial charge on any atom is -0.481 e. The Hall–Kier alpha value is -1.01. The Morgan fingerprint density at radius 3 is 3.06 bits per heavy atom. The van der Waals surface area contributed by atoms with Crippen LogP contribution >= 0.6 is 11.8 Å². The molecule has 1 saturated heterocycles. The number of hydrogen-bond acceptors (Lipinski definition) is 6. The lowest BCUT2D eigenvalue weighted by molar-refractivity contribution is 0.392. The number of methoxy groups -OCH3 is 1. The predicted molar refractivity (Wildman–Crippen MR) is 74.5 cm³/mol. The highest BCUT2D eigenvalue weighted by Crippen LogP contribution is 2.18. The molecule has 1 aliphatic rings. The van der Waals surface area contributed by atoms with Crippen molar-refractivity contribution in [3.63, 3.8) is 0 Å². The highest BCUT2D eigenvalue weighted by molar-refractivity contribution is 7.98. The topological polar surface area (TPSA) is 59.1 Å². The molecule has 1 fully saturated rings. The molecule has 0 radical (unpaired) electrons. The van der Waals surface area contributed by atoms with Crippen LogP contribution in [0.1, 0.15) is 19.3 Å². The molecular weight excluding hydrogens is 248 g/mol. The molecule has 2 heterocycles. The van der Waals surface area contributed by atoms with E-state index in [1.54, 1.807) is 7.11 Å². The Labute approximate surface area is 112 Å². The Balaban J connectivity index is 1.94.